The van der Waals surface area contributed by atoms with Gasteiger partial charge in [0.1, 0.15) is 0 Å². The highest BCUT2D eigenvalue weighted by atomic mass is 35.5. The van der Waals surface area contributed by atoms with Gasteiger partial charge in [0.15, 0.2) is 9.84 Å². The fraction of sp³-hybridized carbons (Fsp3) is 0.0833. The number of hydrogen-bond donors (Lipinski definition) is 1. The molecular weight excluding hydrogens is 325 g/mol. The maximum atomic E-state index is 11.9. The predicted molar refractivity (Wildman–Crippen MR) is 76.2 cm³/mol. The van der Waals surface area contributed by atoms with Crippen LogP contribution < -0.4 is 5.32 Å². The Labute approximate surface area is 125 Å². The number of carbonyl (C=O) groups excluding carboxylic acids is 1. The summed E-state index contributed by atoms with van der Waals surface area (Å²) in [4.78, 5) is 12.0. The SMILES string of the molecule is CS(=O)(=O)c1ccc(Cl)c(NC(=O)c2ccoc2Cl)c1. The molecule has 0 aliphatic rings. The van der Waals surface area contributed by atoms with Gasteiger partial charge in [-0.3, -0.25) is 4.79 Å². The second-order valence-electron chi connectivity index (χ2n) is 3.98. The Kier molecular flexibility index (Phi) is 4.08. The monoisotopic (exact) mass is 333 g/mol. The molecule has 2 rings (SSSR count). The average molecular weight is 334 g/mol. The van der Waals surface area contributed by atoms with Crippen LogP contribution in [0.2, 0.25) is 10.2 Å². The smallest absolute Gasteiger partial charge is 0.260 e. The van der Waals surface area contributed by atoms with Crippen molar-refractivity contribution in [1.29, 1.82) is 0 Å². The molecule has 1 heterocycles. The van der Waals surface area contributed by atoms with Gasteiger partial charge in [0.05, 0.1) is 27.4 Å². The number of nitrogens with one attached hydrogen (secondary N) is 1. The second kappa shape index (κ2) is 5.47. The van der Waals surface area contributed by atoms with Gasteiger partial charge in [0, 0.05) is 6.26 Å². The van der Waals surface area contributed by atoms with Crippen molar-refractivity contribution in [3.63, 3.8) is 0 Å². The molecular formula is C12H9Cl2NO4S. The standard InChI is InChI=1S/C12H9Cl2NO4S/c1-20(17,18)7-2-3-9(13)10(6-7)15-12(16)8-4-5-19-11(8)14/h2-6H,1H3,(H,15,16). The summed E-state index contributed by atoms with van der Waals surface area (Å²) in [6.07, 6.45) is 2.33. The maximum Gasteiger partial charge on any atom is 0.260 e. The van der Waals surface area contributed by atoms with E-state index in [1.807, 2.05) is 0 Å². The lowest BCUT2D eigenvalue weighted by molar-refractivity contribution is 0.102. The van der Waals surface area contributed by atoms with Crippen LogP contribution in [-0.2, 0) is 9.84 Å². The van der Waals surface area contributed by atoms with E-state index in [0.29, 0.717) is 0 Å². The van der Waals surface area contributed by atoms with Gasteiger partial charge in [-0.05, 0) is 35.9 Å². The first-order valence-corrected chi connectivity index (χ1v) is 7.98. The number of hydrogen-bond acceptors (Lipinski definition) is 4. The number of anilines is 1. The first-order chi connectivity index (χ1) is 9.29. The summed E-state index contributed by atoms with van der Waals surface area (Å²) in [5.74, 6) is -0.545. The third-order valence-electron chi connectivity index (χ3n) is 2.48. The predicted octanol–water partition coefficient (Wildman–Crippen LogP) is 3.24. The van der Waals surface area contributed by atoms with E-state index in [4.69, 9.17) is 27.6 Å². The van der Waals surface area contributed by atoms with Crippen molar-refractivity contribution in [2.24, 2.45) is 0 Å². The zero-order valence-electron chi connectivity index (χ0n) is 10.2. The molecule has 0 unspecified atom stereocenters. The molecule has 106 valence electrons. The number of halogens is 2. The molecule has 0 aliphatic carbocycles. The molecule has 0 aliphatic heterocycles. The molecule has 20 heavy (non-hydrogen) atoms. The fourth-order valence-electron chi connectivity index (χ4n) is 1.48. The highest BCUT2D eigenvalue weighted by Crippen LogP contribution is 2.26. The molecule has 2 aromatic rings. The van der Waals surface area contributed by atoms with E-state index < -0.39 is 15.7 Å². The van der Waals surface area contributed by atoms with Crippen molar-refractivity contribution in [2.45, 2.75) is 4.90 Å². The van der Waals surface area contributed by atoms with Crippen molar-refractivity contribution < 1.29 is 17.6 Å². The molecule has 0 bridgehead atoms. The van der Waals surface area contributed by atoms with E-state index in [-0.39, 0.29) is 26.4 Å². The molecule has 0 saturated heterocycles. The third-order valence-corrected chi connectivity index (χ3v) is 4.21. The lowest BCUT2D eigenvalue weighted by Gasteiger charge is -2.08. The number of benzene rings is 1. The topological polar surface area (TPSA) is 76.4 Å². The molecule has 5 nitrogen and oxygen atoms in total. The molecule has 0 atom stereocenters. The minimum absolute atomic E-state index is 0.0514. The summed E-state index contributed by atoms with van der Waals surface area (Å²) in [7, 11) is -3.39. The van der Waals surface area contributed by atoms with Crippen molar-refractivity contribution in [1.82, 2.24) is 0 Å². The van der Waals surface area contributed by atoms with Crippen LogP contribution in [0.3, 0.4) is 0 Å². The van der Waals surface area contributed by atoms with Gasteiger partial charge in [-0.2, -0.15) is 0 Å². The maximum absolute atomic E-state index is 11.9. The van der Waals surface area contributed by atoms with Crippen LogP contribution >= 0.6 is 23.2 Å². The normalized spacial score (nSPS) is 11.3. The third kappa shape index (κ3) is 3.15. The summed E-state index contributed by atoms with van der Waals surface area (Å²) in [6.45, 7) is 0. The van der Waals surface area contributed by atoms with Crippen molar-refractivity contribution in [3.05, 3.63) is 46.3 Å². The van der Waals surface area contributed by atoms with E-state index in [1.165, 1.54) is 30.5 Å². The number of sulfone groups is 1. The van der Waals surface area contributed by atoms with E-state index >= 15 is 0 Å². The van der Waals surface area contributed by atoms with Crippen LogP contribution in [0.15, 0.2) is 39.8 Å². The van der Waals surface area contributed by atoms with Crippen LogP contribution in [-0.4, -0.2) is 20.6 Å². The highest BCUT2D eigenvalue weighted by Gasteiger charge is 2.16. The quantitative estimate of drug-likeness (QED) is 0.935. The first-order valence-electron chi connectivity index (χ1n) is 5.33. The Hall–Kier alpha value is -1.50. The number of rotatable bonds is 3. The van der Waals surface area contributed by atoms with E-state index in [9.17, 15) is 13.2 Å². The molecule has 1 amide bonds. The lowest BCUT2D eigenvalue weighted by atomic mass is 10.2. The molecule has 0 fully saturated rings. The van der Waals surface area contributed by atoms with Crippen LogP contribution in [0.4, 0.5) is 5.69 Å². The Bertz CT molecular complexity index is 768. The fourth-order valence-corrected chi connectivity index (χ4v) is 2.49. The van der Waals surface area contributed by atoms with Crippen LogP contribution in [0, 0.1) is 0 Å². The van der Waals surface area contributed by atoms with Gasteiger partial charge < -0.3 is 9.73 Å². The summed E-state index contributed by atoms with van der Waals surface area (Å²) in [5, 5.41) is 2.64. The number of furan rings is 1. The second-order valence-corrected chi connectivity index (χ2v) is 6.74. The zero-order chi connectivity index (χ0) is 14.9. The summed E-state index contributed by atoms with van der Waals surface area (Å²) in [5.41, 5.74) is 0.310. The van der Waals surface area contributed by atoms with E-state index in [0.717, 1.165) is 6.26 Å². The summed E-state index contributed by atoms with van der Waals surface area (Å²) in [6, 6.07) is 5.43. The molecule has 0 saturated carbocycles. The Balaban J connectivity index is 2.34. The largest absolute Gasteiger partial charge is 0.452 e. The van der Waals surface area contributed by atoms with E-state index in [1.54, 1.807) is 0 Å². The van der Waals surface area contributed by atoms with Gasteiger partial charge in [-0.15, -0.1) is 0 Å². The number of amides is 1. The number of carbonyl (C=O) groups is 1. The Morgan fingerprint density at radius 1 is 1.25 bits per heavy atom. The molecule has 1 N–H and O–H groups in total. The highest BCUT2D eigenvalue weighted by molar-refractivity contribution is 7.90. The minimum atomic E-state index is -3.39. The van der Waals surface area contributed by atoms with Crippen molar-refractivity contribution in [3.8, 4) is 0 Å². The summed E-state index contributed by atoms with van der Waals surface area (Å²) >= 11 is 11.6. The van der Waals surface area contributed by atoms with Gasteiger partial charge in [0.25, 0.3) is 5.91 Å². The molecule has 0 spiro atoms. The van der Waals surface area contributed by atoms with Gasteiger partial charge in [-0.25, -0.2) is 8.42 Å². The van der Waals surface area contributed by atoms with Crippen molar-refractivity contribution in [2.75, 3.05) is 11.6 Å². The zero-order valence-corrected chi connectivity index (χ0v) is 12.5. The summed E-state index contributed by atoms with van der Waals surface area (Å²) < 4.78 is 27.8. The van der Waals surface area contributed by atoms with Gasteiger partial charge in [0.2, 0.25) is 5.22 Å². The molecule has 1 aromatic heterocycles. The lowest BCUT2D eigenvalue weighted by Crippen LogP contribution is -2.12. The molecule has 0 radical (unpaired) electrons. The molecule has 1 aromatic carbocycles. The van der Waals surface area contributed by atoms with Crippen molar-refractivity contribution >= 4 is 44.6 Å². The Morgan fingerprint density at radius 2 is 1.95 bits per heavy atom. The first kappa shape index (κ1) is 14.9. The van der Waals surface area contributed by atoms with Crippen LogP contribution in [0.25, 0.3) is 0 Å². The van der Waals surface area contributed by atoms with Gasteiger partial charge >= 0.3 is 0 Å². The average Bonchev–Trinajstić information content (AvgIpc) is 2.77. The van der Waals surface area contributed by atoms with Crippen LogP contribution in [0.5, 0.6) is 0 Å². The minimum Gasteiger partial charge on any atom is -0.452 e. The Morgan fingerprint density at radius 3 is 2.50 bits per heavy atom. The van der Waals surface area contributed by atoms with E-state index in [2.05, 4.69) is 5.32 Å². The molecule has 8 heteroatoms. The van der Waals surface area contributed by atoms with Gasteiger partial charge in [-0.1, -0.05) is 11.6 Å². The van der Waals surface area contributed by atoms with Crippen LogP contribution in [0.1, 0.15) is 10.4 Å².